The van der Waals surface area contributed by atoms with E-state index in [0.29, 0.717) is 13.0 Å². The number of hydrogen-bond donors (Lipinski definition) is 1. The Morgan fingerprint density at radius 1 is 0.971 bits per heavy atom. The molecule has 1 N–H and O–H groups in total. The van der Waals surface area contributed by atoms with Gasteiger partial charge in [0, 0.05) is 25.2 Å². The van der Waals surface area contributed by atoms with Crippen LogP contribution in [0.25, 0.3) is 0 Å². The Morgan fingerprint density at radius 2 is 1.63 bits per heavy atom. The molecule has 0 unspecified atom stereocenters. The summed E-state index contributed by atoms with van der Waals surface area (Å²) in [4.78, 5) is 26.3. The monoisotopic (exact) mass is 499 g/mol. The van der Waals surface area contributed by atoms with E-state index in [1.807, 2.05) is 6.07 Å². The van der Waals surface area contributed by atoms with Gasteiger partial charge in [-0.2, -0.15) is 0 Å². The molecule has 1 aliphatic heterocycles. The van der Waals surface area contributed by atoms with Crippen LogP contribution in [0.2, 0.25) is 0 Å². The molecule has 1 fully saturated rings. The van der Waals surface area contributed by atoms with Crippen LogP contribution >= 0.6 is 0 Å². The third kappa shape index (κ3) is 5.65. The summed E-state index contributed by atoms with van der Waals surface area (Å²) in [5.74, 6) is -1.71. The second-order valence-electron chi connectivity index (χ2n) is 8.04. The van der Waals surface area contributed by atoms with Gasteiger partial charge in [0.25, 0.3) is 10.0 Å². The number of hydrogen-bond acceptors (Lipinski definition) is 4. The summed E-state index contributed by atoms with van der Waals surface area (Å²) in [6, 6.07) is 16.1. The van der Waals surface area contributed by atoms with E-state index < -0.39 is 34.1 Å². The van der Waals surface area contributed by atoms with E-state index in [1.54, 1.807) is 23.1 Å². The maximum absolute atomic E-state index is 13.4. The highest BCUT2D eigenvalue weighted by Crippen LogP contribution is 2.25. The molecule has 0 aromatic heterocycles. The Balaban J connectivity index is 1.51. The number of carbonyl (C=O) groups is 2. The summed E-state index contributed by atoms with van der Waals surface area (Å²) in [6.45, 7) is 0.181. The van der Waals surface area contributed by atoms with Crippen LogP contribution in [0.1, 0.15) is 18.4 Å². The molecule has 1 saturated heterocycles. The molecule has 0 bridgehead atoms. The van der Waals surface area contributed by atoms with Crippen molar-refractivity contribution in [3.63, 3.8) is 0 Å². The first-order valence-corrected chi connectivity index (χ1v) is 12.4. The zero-order valence-electron chi connectivity index (χ0n) is 18.7. The molecular weight excluding hydrogens is 476 g/mol. The molecule has 7 nitrogen and oxygen atoms in total. The molecule has 3 aromatic carbocycles. The van der Waals surface area contributed by atoms with Crippen LogP contribution in [0.4, 0.5) is 20.2 Å². The minimum Gasteiger partial charge on any atom is -0.350 e. The molecule has 1 heterocycles. The predicted molar refractivity (Wildman–Crippen MR) is 127 cm³/mol. The molecule has 2 amide bonds. The van der Waals surface area contributed by atoms with Crippen molar-refractivity contribution in [3.05, 3.63) is 90.0 Å². The summed E-state index contributed by atoms with van der Waals surface area (Å²) in [7, 11) is -4.25. The molecule has 3 aromatic rings. The van der Waals surface area contributed by atoms with Gasteiger partial charge >= 0.3 is 0 Å². The van der Waals surface area contributed by atoms with Gasteiger partial charge in [-0.05, 0) is 72.6 Å². The zero-order valence-corrected chi connectivity index (χ0v) is 19.5. The van der Waals surface area contributed by atoms with Crippen molar-refractivity contribution in [3.8, 4) is 0 Å². The number of nitrogens with one attached hydrogen (secondary N) is 1. The van der Waals surface area contributed by atoms with Gasteiger partial charge < -0.3 is 10.2 Å². The largest absolute Gasteiger partial charge is 0.350 e. The predicted octanol–water partition coefficient (Wildman–Crippen LogP) is 3.60. The maximum Gasteiger partial charge on any atom is 0.264 e. The number of anilines is 2. The Morgan fingerprint density at radius 3 is 2.26 bits per heavy atom. The fourth-order valence-electron chi connectivity index (χ4n) is 3.80. The van der Waals surface area contributed by atoms with Gasteiger partial charge in [-0.3, -0.25) is 13.9 Å². The molecule has 0 atom stereocenters. The molecule has 35 heavy (non-hydrogen) atoms. The van der Waals surface area contributed by atoms with Crippen molar-refractivity contribution in [1.29, 1.82) is 0 Å². The molecule has 0 spiro atoms. The molecular formula is C25H23F2N3O4S. The van der Waals surface area contributed by atoms with Crippen molar-refractivity contribution in [2.24, 2.45) is 0 Å². The van der Waals surface area contributed by atoms with Crippen LogP contribution in [0.3, 0.4) is 0 Å². The SMILES string of the molecule is O=C(CN(c1ccc(F)cc1)S(=O)(=O)c1ccc(F)cc1)NCc1cccc(N2CCCC2=O)c1. The van der Waals surface area contributed by atoms with Crippen LogP contribution in [-0.4, -0.2) is 33.3 Å². The molecule has 0 radical (unpaired) electrons. The second kappa shape index (κ2) is 10.2. The highest BCUT2D eigenvalue weighted by Gasteiger charge is 2.27. The van der Waals surface area contributed by atoms with Crippen LogP contribution in [0, 0.1) is 11.6 Å². The lowest BCUT2D eigenvalue weighted by molar-refractivity contribution is -0.120. The highest BCUT2D eigenvalue weighted by molar-refractivity contribution is 7.92. The quantitative estimate of drug-likeness (QED) is 0.513. The van der Waals surface area contributed by atoms with E-state index in [4.69, 9.17) is 0 Å². The first-order valence-electron chi connectivity index (χ1n) is 10.9. The Kier molecular flexibility index (Phi) is 7.11. The minimum absolute atomic E-state index is 0.0483. The Hall–Kier alpha value is -3.79. The lowest BCUT2D eigenvalue weighted by Gasteiger charge is -2.24. The Bertz CT molecular complexity index is 1330. The first kappa shape index (κ1) is 24.3. The minimum atomic E-state index is -4.25. The smallest absolute Gasteiger partial charge is 0.264 e. The molecule has 1 aliphatic rings. The van der Waals surface area contributed by atoms with Crippen molar-refractivity contribution in [2.45, 2.75) is 24.3 Å². The van der Waals surface area contributed by atoms with Crippen molar-refractivity contribution < 1.29 is 26.8 Å². The third-order valence-electron chi connectivity index (χ3n) is 5.59. The van der Waals surface area contributed by atoms with Gasteiger partial charge in [0.1, 0.15) is 18.2 Å². The van der Waals surface area contributed by atoms with E-state index in [2.05, 4.69) is 5.32 Å². The van der Waals surface area contributed by atoms with Crippen molar-refractivity contribution >= 4 is 33.2 Å². The van der Waals surface area contributed by atoms with E-state index in [0.717, 1.165) is 58.4 Å². The summed E-state index contributed by atoms with van der Waals surface area (Å²) in [6.07, 6.45) is 1.30. The first-order chi connectivity index (χ1) is 16.7. The van der Waals surface area contributed by atoms with Gasteiger partial charge in [-0.25, -0.2) is 17.2 Å². The lowest BCUT2D eigenvalue weighted by Crippen LogP contribution is -2.40. The number of amides is 2. The fraction of sp³-hybridized carbons (Fsp3) is 0.200. The summed E-state index contributed by atoms with van der Waals surface area (Å²) in [5.41, 5.74) is 1.57. The number of halogens is 2. The van der Waals surface area contributed by atoms with Gasteiger partial charge in [0.15, 0.2) is 0 Å². The topological polar surface area (TPSA) is 86.8 Å². The van der Waals surface area contributed by atoms with Gasteiger partial charge in [0.2, 0.25) is 11.8 Å². The normalized spacial score (nSPS) is 13.7. The molecule has 0 aliphatic carbocycles. The zero-order chi connectivity index (χ0) is 25.0. The van der Waals surface area contributed by atoms with E-state index in [1.165, 1.54) is 12.1 Å². The number of carbonyl (C=O) groups excluding carboxylic acids is 2. The second-order valence-corrected chi connectivity index (χ2v) is 9.90. The molecule has 10 heteroatoms. The number of nitrogens with zero attached hydrogens (tertiary/aromatic N) is 2. The van der Waals surface area contributed by atoms with Crippen molar-refractivity contribution in [2.75, 3.05) is 22.3 Å². The van der Waals surface area contributed by atoms with Gasteiger partial charge in [-0.15, -0.1) is 0 Å². The van der Waals surface area contributed by atoms with Gasteiger partial charge in [-0.1, -0.05) is 12.1 Å². The van der Waals surface area contributed by atoms with Gasteiger partial charge in [0.05, 0.1) is 10.6 Å². The summed E-state index contributed by atoms with van der Waals surface area (Å²) in [5, 5.41) is 2.69. The number of benzene rings is 3. The van der Waals surface area contributed by atoms with E-state index in [-0.39, 0.29) is 23.0 Å². The highest BCUT2D eigenvalue weighted by atomic mass is 32.2. The van der Waals surface area contributed by atoms with Crippen LogP contribution < -0.4 is 14.5 Å². The Labute approximate surface area is 202 Å². The van der Waals surface area contributed by atoms with E-state index >= 15 is 0 Å². The standard InChI is InChI=1S/C25H23F2N3O4S/c26-19-6-10-21(11-7-19)30(35(33,34)23-12-8-20(27)9-13-23)17-24(31)28-16-18-3-1-4-22(15-18)29-14-2-5-25(29)32/h1,3-4,6-13,15H,2,5,14,16-17H2,(H,28,31). The third-order valence-corrected chi connectivity index (χ3v) is 7.38. The fourth-order valence-corrected chi connectivity index (χ4v) is 5.22. The van der Waals surface area contributed by atoms with Crippen molar-refractivity contribution in [1.82, 2.24) is 5.32 Å². The molecule has 0 saturated carbocycles. The molecule has 182 valence electrons. The van der Waals surface area contributed by atoms with Crippen LogP contribution in [0.15, 0.2) is 77.7 Å². The molecule has 4 rings (SSSR count). The maximum atomic E-state index is 13.4. The average Bonchev–Trinajstić information content (AvgIpc) is 3.28. The number of rotatable bonds is 8. The van der Waals surface area contributed by atoms with Crippen LogP contribution in [0.5, 0.6) is 0 Å². The van der Waals surface area contributed by atoms with E-state index in [9.17, 15) is 26.8 Å². The number of sulfonamides is 1. The summed E-state index contributed by atoms with van der Waals surface area (Å²) < 4.78 is 54.1. The average molecular weight is 500 g/mol. The summed E-state index contributed by atoms with van der Waals surface area (Å²) >= 11 is 0. The van der Waals surface area contributed by atoms with Crippen LogP contribution in [-0.2, 0) is 26.2 Å². The lowest BCUT2D eigenvalue weighted by atomic mass is 10.2.